The van der Waals surface area contributed by atoms with Crippen LogP contribution in [0.2, 0.25) is 0 Å². The van der Waals surface area contributed by atoms with E-state index in [1.165, 1.54) is 0 Å². The minimum Gasteiger partial charge on any atom is -0.376 e. The zero-order chi connectivity index (χ0) is 19.5. The quantitative estimate of drug-likeness (QED) is 0.736. The maximum Gasteiger partial charge on any atom is 0.255 e. The Bertz CT molecular complexity index is 1030. The number of likely N-dealkylation sites (N-methyl/N-ethyl adjacent to an activating group) is 1. The van der Waals surface area contributed by atoms with Crippen LogP contribution in [0, 0.1) is 0 Å². The van der Waals surface area contributed by atoms with E-state index in [1.54, 1.807) is 6.20 Å². The molecule has 1 aliphatic heterocycles. The van der Waals surface area contributed by atoms with Crippen molar-refractivity contribution >= 4 is 16.7 Å². The fourth-order valence-electron chi connectivity index (χ4n) is 3.75. The topological polar surface area (TPSA) is 62.4 Å². The summed E-state index contributed by atoms with van der Waals surface area (Å²) in [6.45, 7) is 4.11. The molecule has 5 nitrogen and oxygen atoms in total. The number of aromatic nitrogens is 1. The van der Waals surface area contributed by atoms with Gasteiger partial charge in [-0.1, -0.05) is 18.2 Å². The summed E-state index contributed by atoms with van der Waals surface area (Å²) in [5.41, 5.74) is 2.63. The van der Waals surface area contributed by atoms with E-state index in [1.807, 2.05) is 60.4 Å². The monoisotopic (exact) mass is 376 g/mol. The third-order valence-corrected chi connectivity index (χ3v) is 5.36. The lowest BCUT2D eigenvalue weighted by Gasteiger charge is -2.24. The van der Waals surface area contributed by atoms with E-state index in [4.69, 9.17) is 4.74 Å². The van der Waals surface area contributed by atoms with Gasteiger partial charge < -0.3 is 14.6 Å². The van der Waals surface area contributed by atoms with Gasteiger partial charge in [0.15, 0.2) is 0 Å². The summed E-state index contributed by atoms with van der Waals surface area (Å²) in [5.74, 6) is 0.0367. The molecular formula is C23H24N2O3. The van der Waals surface area contributed by atoms with Crippen molar-refractivity contribution in [3.05, 3.63) is 70.6 Å². The van der Waals surface area contributed by atoms with Gasteiger partial charge >= 0.3 is 0 Å². The Morgan fingerprint density at radius 1 is 1.14 bits per heavy atom. The lowest BCUT2D eigenvalue weighted by Crippen LogP contribution is -2.37. The Balaban J connectivity index is 1.54. The van der Waals surface area contributed by atoms with Crippen LogP contribution in [0.3, 0.4) is 0 Å². The van der Waals surface area contributed by atoms with E-state index in [0.717, 1.165) is 36.0 Å². The molecule has 2 heterocycles. The second kappa shape index (κ2) is 7.98. The number of amides is 1. The smallest absolute Gasteiger partial charge is 0.255 e. The largest absolute Gasteiger partial charge is 0.376 e. The third-order valence-electron chi connectivity index (χ3n) is 5.36. The highest BCUT2D eigenvalue weighted by Gasteiger charge is 2.22. The maximum absolute atomic E-state index is 12.9. The number of carbonyl (C=O) groups is 1. The third kappa shape index (κ3) is 3.71. The highest BCUT2D eigenvalue weighted by molar-refractivity contribution is 5.95. The van der Waals surface area contributed by atoms with Gasteiger partial charge in [0.2, 0.25) is 0 Å². The van der Waals surface area contributed by atoms with Crippen molar-refractivity contribution in [3.63, 3.8) is 0 Å². The van der Waals surface area contributed by atoms with Crippen molar-refractivity contribution in [1.29, 1.82) is 0 Å². The molecule has 144 valence electrons. The molecule has 1 aliphatic rings. The first-order chi connectivity index (χ1) is 13.7. The van der Waals surface area contributed by atoms with Crippen molar-refractivity contribution in [2.75, 3.05) is 19.7 Å². The minimum absolute atomic E-state index is 0.0367. The Kier molecular flexibility index (Phi) is 5.26. The molecule has 0 bridgehead atoms. The summed E-state index contributed by atoms with van der Waals surface area (Å²) in [6, 6.07) is 15.3. The molecule has 1 atom stereocenters. The molecule has 1 fully saturated rings. The van der Waals surface area contributed by atoms with Crippen molar-refractivity contribution in [2.45, 2.75) is 25.9 Å². The molecule has 1 saturated heterocycles. The number of hydrogen-bond acceptors (Lipinski definition) is 3. The summed E-state index contributed by atoms with van der Waals surface area (Å²) in [4.78, 5) is 29.3. The van der Waals surface area contributed by atoms with Crippen molar-refractivity contribution in [1.82, 2.24) is 9.88 Å². The molecule has 0 aliphatic carbocycles. The van der Waals surface area contributed by atoms with Gasteiger partial charge in [-0.2, -0.15) is 0 Å². The number of nitrogens with one attached hydrogen (secondary N) is 1. The van der Waals surface area contributed by atoms with Crippen LogP contribution < -0.4 is 5.56 Å². The van der Waals surface area contributed by atoms with Gasteiger partial charge in [-0.3, -0.25) is 9.59 Å². The van der Waals surface area contributed by atoms with Crippen molar-refractivity contribution in [3.8, 4) is 11.1 Å². The fourth-order valence-corrected chi connectivity index (χ4v) is 3.75. The van der Waals surface area contributed by atoms with E-state index >= 15 is 0 Å². The number of H-pyrrole nitrogens is 1. The zero-order valence-electron chi connectivity index (χ0n) is 16.0. The first-order valence-corrected chi connectivity index (χ1v) is 9.78. The van der Waals surface area contributed by atoms with E-state index in [-0.39, 0.29) is 17.6 Å². The standard InChI is InChI=1S/C23H24N2O3/c1-2-25(15-20-4-3-13-28-20)23(27)17-7-5-16(6-8-17)18-9-10-21-19(14-18)11-12-24-22(21)26/h5-12,14,20H,2-4,13,15H2,1H3,(H,24,26)/t20-/m1/s1. The fraction of sp³-hybridized carbons (Fsp3) is 0.304. The number of carbonyl (C=O) groups excluding carboxylic acids is 1. The number of rotatable bonds is 5. The highest BCUT2D eigenvalue weighted by Crippen LogP contribution is 2.24. The Morgan fingerprint density at radius 3 is 2.64 bits per heavy atom. The van der Waals surface area contributed by atoms with Gasteiger partial charge in [0.25, 0.3) is 11.5 Å². The van der Waals surface area contributed by atoms with Crippen molar-refractivity contribution < 1.29 is 9.53 Å². The van der Waals surface area contributed by atoms with Crippen LogP contribution in [0.5, 0.6) is 0 Å². The van der Waals surface area contributed by atoms with E-state index in [0.29, 0.717) is 24.0 Å². The van der Waals surface area contributed by atoms with E-state index in [9.17, 15) is 9.59 Å². The van der Waals surface area contributed by atoms with Crippen LogP contribution in [0.4, 0.5) is 0 Å². The number of aromatic amines is 1. The normalized spacial score (nSPS) is 16.4. The molecule has 1 N–H and O–H groups in total. The van der Waals surface area contributed by atoms with Crippen LogP contribution in [0.25, 0.3) is 21.9 Å². The van der Waals surface area contributed by atoms with Crippen LogP contribution >= 0.6 is 0 Å². The van der Waals surface area contributed by atoms with Gasteiger partial charge in [0.1, 0.15) is 0 Å². The van der Waals surface area contributed by atoms with Crippen LogP contribution in [0.15, 0.2) is 59.5 Å². The molecule has 0 saturated carbocycles. The average Bonchev–Trinajstić information content (AvgIpc) is 3.25. The predicted molar refractivity (Wildman–Crippen MR) is 111 cm³/mol. The number of fused-ring (bicyclic) bond motifs is 1. The number of nitrogens with zero attached hydrogens (tertiary/aromatic N) is 1. The Labute approximate surface area is 163 Å². The van der Waals surface area contributed by atoms with E-state index in [2.05, 4.69) is 4.98 Å². The molecule has 0 radical (unpaired) electrons. The zero-order valence-corrected chi connectivity index (χ0v) is 16.0. The molecule has 0 unspecified atom stereocenters. The second-order valence-corrected chi connectivity index (χ2v) is 7.16. The number of benzene rings is 2. The highest BCUT2D eigenvalue weighted by atomic mass is 16.5. The van der Waals surface area contributed by atoms with Gasteiger partial charge in [0, 0.05) is 36.8 Å². The second-order valence-electron chi connectivity index (χ2n) is 7.16. The Morgan fingerprint density at radius 2 is 1.93 bits per heavy atom. The molecule has 0 spiro atoms. The van der Waals surface area contributed by atoms with Gasteiger partial charge in [-0.15, -0.1) is 0 Å². The van der Waals surface area contributed by atoms with Crippen LogP contribution in [0.1, 0.15) is 30.1 Å². The molecular weight excluding hydrogens is 352 g/mol. The lowest BCUT2D eigenvalue weighted by molar-refractivity contribution is 0.0539. The predicted octanol–water partition coefficient (Wildman–Crippen LogP) is 3.84. The first-order valence-electron chi connectivity index (χ1n) is 9.78. The van der Waals surface area contributed by atoms with Crippen LogP contribution in [-0.2, 0) is 4.74 Å². The number of ether oxygens (including phenoxy) is 1. The summed E-state index contributed by atoms with van der Waals surface area (Å²) in [6.07, 6.45) is 3.91. The first kappa shape index (κ1) is 18.4. The molecule has 5 heteroatoms. The number of pyridine rings is 1. The molecule has 1 amide bonds. The Hall–Kier alpha value is -2.92. The van der Waals surface area contributed by atoms with Gasteiger partial charge in [-0.25, -0.2) is 0 Å². The summed E-state index contributed by atoms with van der Waals surface area (Å²) >= 11 is 0. The lowest BCUT2D eigenvalue weighted by atomic mass is 10.0. The SMILES string of the molecule is CCN(C[C@H]1CCCO1)C(=O)c1ccc(-c2ccc3c(=O)[nH]ccc3c2)cc1. The minimum atomic E-state index is -0.0871. The average molecular weight is 376 g/mol. The van der Waals surface area contributed by atoms with Crippen molar-refractivity contribution in [2.24, 2.45) is 0 Å². The molecule has 4 rings (SSSR count). The molecule has 2 aromatic carbocycles. The molecule has 28 heavy (non-hydrogen) atoms. The molecule has 1 aromatic heterocycles. The summed E-state index contributed by atoms with van der Waals surface area (Å²) in [5, 5.41) is 1.57. The van der Waals surface area contributed by atoms with Gasteiger partial charge in [0.05, 0.1) is 6.10 Å². The van der Waals surface area contributed by atoms with Crippen LogP contribution in [-0.4, -0.2) is 41.6 Å². The maximum atomic E-state index is 12.9. The summed E-state index contributed by atoms with van der Waals surface area (Å²) < 4.78 is 5.67. The van der Waals surface area contributed by atoms with E-state index < -0.39 is 0 Å². The summed E-state index contributed by atoms with van der Waals surface area (Å²) in [7, 11) is 0. The van der Waals surface area contributed by atoms with Gasteiger partial charge in [-0.05, 0) is 66.6 Å². The molecule has 3 aromatic rings. The number of hydrogen-bond donors (Lipinski definition) is 1.